The van der Waals surface area contributed by atoms with E-state index < -0.39 is 0 Å². The van der Waals surface area contributed by atoms with Gasteiger partial charge in [0.2, 0.25) is 5.91 Å². The third-order valence-corrected chi connectivity index (χ3v) is 8.31. The maximum Gasteiger partial charge on any atom is 0.234 e. The molecule has 1 aromatic carbocycles. The van der Waals surface area contributed by atoms with Crippen molar-refractivity contribution in [1.29, 1.82) is 0 Å². The predicted molar refractivity (Wildman–Crippen MR) is 119 cm³/mol. The topological polar surface area (TPSA) is 51.0 Å². The highest BCUT2D eigenvalue weighted by Crippen LogP contribution is 2.41. The van der Waals surface area contributed by atoms with Crippen molar-refractivity contribution in [3.63, 3.8) is 0 Å². The summed E-state index contributed by atoms with van der Waals surface area (Å²) in [6, 6.07) is 11.3. The van der Waals surface area contributed by atoms with Gasteiger partial charge in [-0.05, 0) is 30.4 Å². The van der Waals surface area contributed by atoms with Crippen LogP contribution in [0.3, 0.4) is 0 Å². The number of nitrogens with zero attached hydrogens (tertiary/aromatic N) is 4. The lowest BCUT2D eigenvalue weighted by Crippen LogP contribution is -2.32. The van der Waals surface area contributed by atoms with E-state index in [2.05, 4.69) is 26.2 Å². The number of thiophene rings is 1. The molecule has 30 heavy (non-hydrogen) atoms. The van der Waals surface area contributed by atoms with Crippen molar-refractivity contribution in [3.8, 4) is 0 Å². The maximum atomic E-state index is 14.3. The highest BCUT2D eigenvalue weighted by molar-refractivity contribution is 8.00. The molecule has 0 radical (unpaired) electrons. The van der Waals surface area contributed by atoms with Crippen LogP contribution in [-0.4, -0.2) is 43.6 Å². The van der Waals surface area contributed by atoms with Crippen molar-refractivity contribution in [2.45, 2.75) is 35.8 Å². The Hall–Kier alpha value is -1.84. The van der Waals surface area contributed by atoms with Crippen LogP contribution < -0.4 is 0 Å². The van der Waals surface area contributed by atoms with Crippen molar-refractivity contribution >= 4 is 40.8 Å². The normalized spacial score (nSPS) is 18.8. The molecular weight excluding hydrogens is 439 g/mol. The lowest BCUT2D eigenvalue weighted by Gasteiger charge is -2.24. The molecule has 3 aromatic rings. The fraction of sp³-hybridized carbons (Fsp3) is 0.381. The third kappa shape index (κ3) is 4.15. The molecule has 1 saturated heterocycles. The summed E-state index contributed by atoms with van der Waals surface area (Å²) in [6.07, 6.45) is 3.04. The molecule has 2 fully saturated rings. The average Bonchev–Trinajstić information content (AvgIpc) is 3.13. The first-order valence-corrected chi connectivity index (χ1v) is 12.9. The van der Waals surface area contributed by atoms with Gasteiger partial charge in [0.15, 0.2) is 5.16 Å². The van der Waals surface area contributed by atoms with Gasteiger partial charge in [-0.15, -0.1) is 33.3 Å². The number of aromatic nitrogens is 3. The van der Waals surface area contributed by atoms with Gasteiger partial charge in [-0.2, -0.15) is 0 Å². The molecule has 2 aliphatic rings. The predicted octanol–water partition coefficient (Wildman–Crippen LogP) is 4.77. The minimum Gasteiger partial charge on any atom is -0.325 e. The van der Waals surface area contributed by atoms with Crippen molar-refractivity contribution in [3.05, 3.63) is 63.9 Å². The lowest BCUT2D eigenvalue weighted by atomic mass is 10.2. The lowest BCUT2D eigenvalue weighted by molar-refractivity contribution is -0.128. The zero-order valence-corrected chi connectivity index (χ0v) is 18.7. The highest BCUT2D eigenvalue weighted by atomic mass is 32.2. The number of thioether (sulfide) groups is 2. The molecule has 0 N–H and O–H groups in total. The molecule has 5 rings (SSSR count). The molecule has 1 saturated carbocycles. The molecule has 0 spiro atoms. The summed E-state index contributed by atoms with van der Waals surface area (Å²) in [5.41, 5.74) is 0.581. The van der Waals surface area contributed by atoms with E-state index >= 15 is 0 Å². The Morgan fingerprint density at radius 2 is 2.07 bits per heavy atom. The Morgan fingerprint density at radius 1 is 1.20 bits per heavy atom. The van der Waals surface area contributed by atoms with E-state index in [0.717, 1.165) is 36.0 Å². The van der Waals surface area contributed by atoms with Crippen molar-refractivity contribution in [1.82, 2.24) is 19.7 Å². The van der Waals surface area contributed by atoms with Crippen molar-refractivity contribution in [2.75, 3.05) is 18.1 Å². The number of amides is 1. The van der Waals surface area contributed by atoms with Gasteiger partial charge >= 0.3 is 0 Å². The monoisotopic (exact) mass is 460 g/mol. The van der Waals surface area contributed by atoms with Crippen LogP contribution in [0.25, 0.3) is 0 Å². The van der Waals surface area contributed by atoms with Crippen LogP contribution in [0.15, 0.2) is 46.9 Å². The van der Waals surface area contributed by atoms with Gasteiger partial charge in [0.1, 0.15) is 17.0 Å². The Labute approximate surface area is 187 Å². The average molecular weight is 461 g/mol. The SMILES string of the molecule is O=C(CSc1nnc(Cc2cccs2)n1C1CC1)N1CCS[C@@H]1c1ccccc1F. The Kier molecular flexibility index (Phi) is 5.84. The van der Waals surface area contributed by atoms with Gasteiger partial charge in [0, 0.05) is 35.2 Å². The molecule has 1 amide bonds. The zero-order chi connectivity index (χ0) is 20.5. The first-order valence-electron chi connectivity index (χ1n) is 9.95. The Morgan fingerprint density at radius 3 is 2.83 bits per heavy atom. The van der Waals surface area contributed by atoms with Crippen LogP contribution in [0, 0.1) is 5.82 Å². The van der Waals surface area contributed by atoms with Crippen molar-refractivity contribution < 1.29 is 9.18 Å². The van der Waals surface area contributed by atoms with Crippen molar-refractivity contribution in [2.24, 2.45) is 0 Å². The number of halogens is 1. The van der Waals surface area contributed by atoms with Crippen LogP contribution in [0.2, 0.25) is 0 Å². The number of benzene rings is 1. The number of hydrogen-bond donors (Lipinski definition) is 0. The second kappa shape index (κ2) is 8.72. The molecule has 1 atom stereocenters. The van der Waals surface area contributed by atoms with Crippen LogP contribution in [0.5, 0.6) is 0 Å². The quantitative estimate of drug-likeness (QED) is 0.476. The first kappa shape index (κ1) is 20.1. The number of rotatable bonds is 7. The number of carbonyl (C=O) groups is 1. The summed E-state index contributed by atoms with van der Waals surface area (Å²) in [5, 5.41) is 11.4. The summed E-state index contributed by atoms with van der Waals surface area (Å²) >= 11 is 4.78. The van der Waals surface area contributed by atoms with E-state index in [1.807, 2.05) is 12.1 Å². The fourth-order valence-corrected chi connectivity index (χ4v) is 6.57. The molecule has 5 nitrogen and oxygen atoms in total. The maximum absolute atomic E-state index is 14.3. The van der Waals surface area contributed by atoms with Crippen LogP contribution in [-0.2, 0) is 11.2 Å². The van der Waals surface area contributed by atoms with Gasteiger partial charge in [0.05, 0.1) is 5.75 Å². The smallest absolute Gasteiger partial charge is 0.234 e. The molecule has 2 aromatic heterocycles. The second-order valence-corrected chi connectivity index (χ2v) is 10.5. The van der Waals surface area contributed by atoms with Gasteiger partial charge in [-0.25, -0.2) is 4.39 Å². The van der Waals surface area contributed by atoms with E-state index in [1.54, 1.807) is 40.1 Å². The molecule has 0 bridgehead atoms. The summed E-state index contributed by atoms with van der Waals surface area (Å²) in [6.45, 7) is 0.641. The van der Waals surface area contributed by atoms with Crippen LogP contribution in [0.4, 0.5) is 4.39 Å². The Bertz CT molecular complexity index is 1030. The van der Waals surface area contributed by atoms with E-state index in [9.17, 15) is 9.18 Å². The third-order valence-electron chi connectivity index (χ3n) is 5.27. The molecule has 3 heterocycles. The minimum atomic E-state index is -0.256. The van der Waals surface area contributed by atoms with E-state index in [-0.39, 0.29) is 22.9 Å². The van der Waals surface area contributed by atoms with Crippen LogP contribution >= 0.6 is 34.9 Å². The molecule has 156 valence electrons. The van der Waals surface area contributed by atoms with Crippen LogP contribution in [0.1, 0.15) is 40.5 Å². The van der Waals surface area contributed by atoms with Gasteiger partial charge in [-0.3, -0.25) is 4.79 Å². The summed E-state index contributed by atoms with van der Waals surface area (Å²) in [4.78, 5) is 16.0. The van der Waals surface area contributed by atoms with E-state index in [0.29, 0.717) is 18.2 Å². The highest BCUT2D eigenvalue weighted by Gasteiger charge is 2.33. The summed E-state index contributed by atoms with van der Waals surface area (Å²) < 4.78 is 16.5. The number of hydrogen-bond acceptors (Lipinski definition) is 6. The summed E-state index contributed by atoms with van der Waals surface area (Å²) in [7, 11) is 0. The van der Waals surface area contributed by atoms with E-state index in [1.165, 1.54) is 22.7 Å². The fourth-order valence-electron chi connectivity index (χ4n) is 3.66. The zero-order valence-electron chi connectivity index (χ0n) is 16.2. The first-order chi connectivity index (χ1) is 14.7. The second-order valence-electron chi connectivity index (χ2n) is 7.38. The van der Waals surface area contributed by atoms with E-state index in [4.69, 9.17) is 0 Å². The molecule has 1 aliphatic carbocycles. The molecular formula is C21H21FN4OS3. The standard InChI is InChI=1S/C21H21FN4OS3/c22-17-6-2-1-5-16(17)20-25(9-11-29-20)19(27)13-30-21-24-23-18(26(21)14-7-8-14)12-15-4-3-10-28-15/h1-6,10,14,20H,7-9,11-13H2/t20-/m1/s1. The van der Waals surface area contributed by atoms with Gasteiger partial charge < -0.3 is 9.47 Å². The molecule has 0 unspecified atom stereocenters. The minimum absolute atomic E-state index is 0.0170. The number of carbonyl (C=O) groups excluding carboxylic acids is 1. The molecule has 1 aliphatic heterocycles. The van der Waals surface area contributed by atoms with Gasteiger partial charge in [-0.1, -0.05) is 36.0 Å². The Balaban J connectivity index is 1.28. The molecule has 9 heteroatoms. The largest absolute Gasteiger partial charge is 0.325 e. The summed E-state index contributed by atoms with van der Waals surface area (Å²) in [5.74, 6) is 1.84. The van der Waals surface area contributed by atoms with Gasteiger partial charge in [0.25, 0.3) is 0 Å².